The molecular formula is C12H20N4O2S. The molecule has 0 bridgehead atoms. The zero-order valence-corrected chi connectivity index (χ0v) is 11.7. The van der Waals surface area contributed by atoms with Crippen LogP contribution in [0.25, 0.3) is 0 Å². The number of nitrogens with one attached hydrogen (secondary N) is 2. The summed E-state index contributed by atoms with van der Waals surface area (Å²) in [7, 11) is -3.20. The van der Waals surface area contributed by atoms with Crippen LogP contribution in [0.1, 0.15) is 31.7 Å². The van der Waals surface area contributed by atoms with Crippen LogP contribution in [0.5, 0.6) is 0 Å². The molecule has 2 fully saturated rings. The lowest BCUT2D eigenvalue weighted by Gasteiger charge is -2.22. The quantitative estimate of drug-likeness (QED) is 0.844. The topological polar surface area (TPSA) is 76.0 Å². The van der Waals surface area contributed by atoms with Gasteiger partial charge in [0.05, 0.1) is 23.7 Å². The van der Waals surface area contributed by atoms with Crippen LogP contribution in [0.2, 0.25) is 0 Å². The minimum Gasteiger partial charge on any atom is -0.317 e. The monoisotopic (exact) mass is 284 g/mol. The van der Waals surface area contributed by atoms with Crippen molar-refractivity contribution in [3.05, 3.63) is 12.4 Å². The van der Waals surface area contributed by atoms with Crippen molar-refractivity contribution in [2.75, 3.05) is 23.6 Å². The molecule has 106 valence electrons. The fourth-order valence-electron chi connectivity index (χ4n) is 2.48. The van der Waals surface area contributed by atoms with Gasteiger partial charge in [-0.1, -0.05) is 0 Å². The summed E-state index contributed by atoms with van der Waals surface area (Å²) in [5, 5.41) is 7.59. The molecule has 1 aromatic rings. The molecule has 1 aliphatic heterocycles. The number of piperidine rings is 1. The first-order chi connectivity index (χ1) is 9.12. The molecule has 6 nitrogen and oxygen atoms in total. The first-order valence-corrected chi connectivity index (χ1v) is 8.53. The van der Waals surface area contributed by atoms with Crippen LogP contribution in [0.4, 0.5) is 5.69 Å². The molecule has 1 saturated carbocycles. The molecule has 0 unspecified atom stereocenters. The second kappa shape index (κ2) is 5.13. The normalized spacial score (nSPS) is 21.5. The molecule has 1 aromatic heterocycles. The Bertz CT molecular complexity index is 530. The highest BCUT2D eigenvalue weighted by atomic mass is 32.2. The van der Waals surface area contributed by atoms with Crippen LogP contribution in [-0.2, 0) is 10.0 Å². The van der Waals surface area contributed by atoms with Crippen LogP contribution in [0.15, 0.2) is 12.4 Å². The van der Waals surface area contributed by atoms with Gasteiger partial charge in [-0.05, 0) is 44.7 Å². The first kappa shape index (κ1) is 12.9. The Morgan fingerprint density at radius 1 is 1.32 bits per heavy atom. The highest BCUT2D eigenvalue weighted by Crippen LogP contribution is 2.30. The molecule has 1 aliphatic carbocycles. The van der Waals surface area contributed by atoms with Crippen molar-refractivity contribution < 1.29 is 8.42 Å². The number of hydrogen-bond donors (Lipinski definition) is 2. The summed E-state index contributed by atoms with van der Waals surface area (Å²) in [5.74, 6) is 0.600. The third-order valence-corrected chi connectivity index (χ3v) is 5.17. The van der Waals surface area contributed by atoms with Gasteiger partial charge in [0.15, 0.2) is 0 Å². The van der Waals surface area contributed by atoms with Crippen molar-refractivity contribution >= 4 is 15.7 Å². The van der Waals surface area contributed by atoms with Crippen molar-refractivity contribution in [1.82, 2.24) is 15.1 Å². The molecule has 0 amide bonds. The van der Waals surface area contributed by atoms with Crippen molar-refractivity contribution in [1.29, 1.82) is 0 Å². The molecular weight excluding hydrogens is 264 g/mol. The Labute approximate surface area is 113 Å². The molecule has 2 heterocycles. The maximum Gasteiger partial charge on any atom is 0.233 e. The summed E-state index contributed by atoms with van der Waals surface area (Å²) in [5.41, 5.74) is 0.583. The maximum atomic E-state index is 11.9. The number of aromatic nitrogens is 2. The van der Waals surface area contributed by atoms with Crippen LogP contribution in [-0.4, -0.2) is 37.0 Å². The SMILES string of the molecule is O=S(=O)(CC1CC1)Nc1cnn(C2CCNCC2)c1. The Morgan fingerprint density at radius 2 is 2.05 bits per heavy atom. The maximum absolute atomic E-state index is 11.9. The average Bonchev–Trinajstić information content (AvgIpc) is 3.05. The van der Waals surface area contributed by atoms with Gasteiger partial charge in [0.25, 0.3) is 0 Å². The Balaban J connectivity index is 1.63. The smallest absolute Gasteiger partial charge is 0.233 e. The van der Waals surface area contributed by atoms with Crippen LogP contribution in [0, 0.1) is 5.92 Å². The largest absolute Gasteiger partial charge is 0.317 e. The molecule has 3 rings (SSSR count). The van der Waals surface area contributed by atoms with E-state index in [2.05, 4.69) is 15.1 Å². The van der Waals surface area contributed by atoms with E-state index in [0.717, 1.165) is 38.8 Å². The second-order valence-corrected chi connectivity index (χ2v) is 7.28. The molecule has 7 heteroatoms. The standard InChI is InChI=1S/C12H20N4O2S/c17-19(18,9-10-1-2-10)15-11-7-14-16(8-11)12-3-5-13-6-4-12/h7-8,10,12-13,15H,1-6,9H2. The fraction of sp³-hybridized carbons (Fsp3) is 0.750. The van der Waals surface area contributed by atoms with Gasteiger partial charge < -0.3 is 5.32 Å². The average molecular weight is 284 g/mol. The lowest BCUT2D eigenvalue weighted by Crippen LogP contribution is -2.29. The zero-order valence-electron chi connectivity index (χ0n) is 10.9. The number of anilines is 1. The minimum absolute atomic E-state index is 0.242. The van der Waals surface area contributed by atoms with Crippen LogP contribution >= 0.6 is 0 Å². The van der Waals surface area contributed by atoms with Crippen LogP contribution < -0.4 is 10.0 Å². The van der Waals surface area contributed by atoms with Gasteiger partial charge in [-0.2, -0.15) is 5.10 Å². The molecule has 19 heavy (non-hydrogen) atoms. The van der Waals surface area contributed by atoms with E-state index in [0.29, 0.717) is 17.6 Å². The van der Waals surface area contributed by atoms with Gasteiger partial charge in [-0.15, -0.1) is 0 Å². The van der Waals surface area contributed by atoms with Crippen molar-refractivity contribution in [2.45, 2.75) is 31.7 Å². The molecule has 2 N–H and O–H groups in total. The van der Waals surface area contributed by atoms with Gasteiger partial charge >= 0.3 is 0 Å². The van der Waals surface area contributed by atoms with Gasteiger partial charge in [-0.3, -0.25) is 9.40 Å². The second-order valence-electron chi connectivity index (χ2n) is 5.52. The number of rotatable bonds is 5. The van der Waals surface area contributed by atoms with Crippen LogP contribution in [0.3, 0.4) is 0 Å². The van der Waals surface area contributed by atoms with Gasteiger partial charge in [0.2, 0.25) is 10.0 Å². The van der Waals surface area contributed by atoms with E-state index >= 15 is 0 Å². The number of nitrogens with zero attached hydrogens (tertiary/aromatic N) is 2. The van der Waals surface area contributed by atoms with E-state index in [1.165, 1.54) is 0 Å². The third-order valence-electron chi connectivity index (χ3n) is 3.71. The molecule has 1 saturated heterocycles. The van der Waals surface area contributed by atoms with Gasteiger partial charge in [-0.25, -0.2) is 8.42 Å². The van der Waals surface area contributed by atoms with E-state index < -0.39 is 10.0 Å². The van der Waals surface area contributed by atoms with Gasteiger partial charge in [0.1, 0.15) is 0 Å². The number of hydrogen-bond acceptors (Lipinski definition) is 4. The molecule has 0 radical (unpaired) electrons. The highest BCUT2D eigenvalue weighted by molar-refractivity contribution is 7.92. The Morgan fingerprint density at radius 3 is 2.74 bits per heavy atom. The molecule has 0 aromatic carbocycles. The summed E-state index contributed by atoms with van der Waals surface area (Å²) < 4.78 is 28.3. The highest BCUT2D eigenvalue weighted by Gasteiger charge is 2.28. The van der Waals surface area contributed by atoms with E-state index in [1.54, 1.807) is 12.4 Å². The van der Waals surface area contributed by atoms with Crippen molar-refractivity contribution in [3.8, 4) is 0 Å². The summed E-state index contributed by atoms with van der Waals surface area (Å²) >= 11 is 0. The summed E-state index contributed by atoms with van der Waals surface area (Å²) in [6.07, 6.45) is 7.56. The molecule has 0 spiro atoms. The van der Waals surface area contributed by atoms with Crippen molar-refractivity contribution in [3.63, 3.8) is 0 Å². The number of sulfonamides is 1. The lowest BCUT2D eigenvalue weighted by atomic mass is 10.1. The predicted molar refractivity (Wildman–Crippen MR) is 73.5 cm³/mol. The lowest BCUT2D eigenvalue weighted by molar-refractivity contribution is 0.343. The third kappa shape index (κ3) is 3.48. The van der Waals surface area contributed by atoms with E-state index in [9.17, 15) is 8.42 Å². The fourth-order valence-corrected chi connectivity index (χ4v) is 3.98. The molecule has 2 aliphatic rings. The van der Waals surface area contributed by atoms with Gasteiger partial charge in [0, 0.05) is 6.20 Å². The Kier molecular flexibility index (Phi) is 3.49. The van der Waals surface area contributed by atoms with E-state index in [-0.39, 0.29) is 5.75 Å². The summed E-state index contributed by atoms with van der Waals surface area (Å²) in [6.45, 7) is 1.99. The summed E-state index contributed by atoms with van der Waals surface area (Å²) in [6, 6.07) is 0.378. The first-order valence-electron chi connectivity index (χ1n) is 6.88. The Hall–Kier alpha value is -1.08. The minimum atomic E-state index is -3.20. The van der Waals surface area contributed by atoms with E-state index in [4.69, 9.17) is 0 Å². The van der Waals surface area contributed by atoms with Crippen molar-refractivity contribution in [2.24, 2.45) is 5.92 Å². The zero-order chi connectivity index (χ0) is 13.3. The molecule has 0 atom stereocenters. The predicted octanol–water partition coefficient (Wildman–Crippen LogP) is 0.959. The summed E-state index contributed by atoms with van der Waals surface area (Å²) in [4.78, 5) is 0. The van der Waals surface area contributed by atoms with E-state index in [1.807, 2.05) is 4.68 Å².